The fourth-order valence-corrected chi connectivity index (χ4v) is 3.52. The van der Waals surface area contributed by atoms with Gasteiger partial charge in [0.05, 0.1) is 5.69 Å². The van der Waals surface area contributed by atoms with Crippen molar-refractivity contribution in [3.05, 3.63) is 52.8 Å². The lowest BCUT2D eigenvalue weighted by atomic mass is 10.2. The lowest BCUT2D eigenvalue weighted by Crippen LogP contribution is -2.51. The maximum Gasteiger partial charge on any atom is 0.317 e. The van der Waals surface area contributed by atoms with Crippen LogP contribution in [-0.2, 0) is 19.6 Å². The van der Waals surface area contributed by atoms with Crippen LogP contribution in [-0.4, -0.2) is 51.8 Å². The third-order valence-electron chi connectivity index (χ3n) is 5.16. The standard InChI is InChI=1S/C20H29N5O/c1-4-25-17(3)19(16(2)22-25)14-21-20(26)24-12-10-23(11-13-24)15-18-8-6-5-7-9-18/h5-9H,4,10-15H2,1-3H3,(H,21,26). The van der Waals surface area contributed by atoms with Crippen molar-refractivity contribution < 1.29 is 4.79 Å². The largest absolute Gasteiger partial charge is 0.334 e. The lowest BCUT2D eigenvalue weighted by molar-refractivity contribution is 0.135. The number of nitrogens with one attached hydrogen (secondary N) is 1. The third-order valence-corrected chi connectivity index (χ3v) is 5.16. The van der Waals surface area contributed by atoms with Crippen LogP contribution in [0.1, 0.15) is 29.4 Å². The summed E-state index contributed by atoms with van der Waals surface area (Å²) in [7, 11) is 0. The number of piperazine rings is 1. The molecule has 0 bridgehead atoms. The molecule has 1 aromatic carbocycles. The number of nitrogens with zero attached hydrogens (tertiary/aromatic N) is 4. The molecule has 1 aromatic heterocycles. The summed E-state index contributed by atoms with van der Waals surface area (Å²) in [6, 6.07) is 10.5. The number of rotatable bonds is 5. The Kier molecular flexibility index (Phi) is 5.93. The molecule has 1 aliphatic heterocycles. The summed E-state index contributed by atoms with van der Waals surface area (Å²) >= 11 is 0. The Bertz CT molecular complexity index is 732. The number of carbonyl (C=O) groups is 1. The third kappa shape index (κ3) is 4.25. The zero-order valence-electron chi connectivity index (χ0n) is 16.0. The zero-order valence-corrected chi connectivity index (χ0v) is 16.0. The summed E-state index contributed by atoms with van der Waals surface area (Å²) in [5, 5.41) is 7.58. The van der Waals surface area contributed by atoms with Crippen molar-refractivity contribution >= 4 is 6.03 Å². The van der Waals surface area contributed by atoms with E-state index in [1.807, 2.05) is 22.6 Å². The Labute approximate surface area is 155 Å². The molecule has 1 saturated heterocycles. The van der Waals surface area contributed by atoms with Crippen molar-refractivity contribution in [2.45, 2.75) is 40.4 Å². The van der Waals surface area contributed by atoms with Crippen LogP contribution in [0.4, 0.5) is 4.79 Å². The fraction of sp³-hybridized carbons (Fsp3) is 0.500. The first-order valence-electron chi connectivity index (χ1n) is 9.40. The molecule has 6 heteroatoms. The van der Waals surface area contributed by atoms with E-state index in [0.717, 1.165) is 56.2 Å². The Morgan fingerprint density at radius 3 is 2.42 bits per heavy atom. The van der Waals surface area contributed by atoms with Crippen molar-refractivity contribution in [3.8, 4) is 0 Å². The van der Waals surface area contributed by atoms with Crippen LogP contribution in [0.3, 0.4) is 0 Å². The van der Waals surface area contributed by atoms with Gasteiger partial charge < -0.3 is 10.2 Å². The predicted octanol–water partition coefficient (Wildman–Crippen LogP) is 2.55. The maximum atomic E-state index is 12.5. The lowest BCUT2D eigenvalue weighted by Gasteiger charge is -2.34. The molecule has 2 amide bonds. The minimum atomic E-state index is 0.0207. The highest BCUT2D eigenvalue weighted by molar-refractivity contribution is 5.74. The van der Waals surface area contributed by atoms with E-state index in [4.69, 9.17) is 0 Å². The van der Waals surface area contributed by atoms with Crippen LogP contribution in [0.15, 0.2) is 30.3 Å². The number of urea groups is 1. The van der Waals surface area contributed by atoms with Gasteiger partial charge >= 0.3 is 6.03 Å². The van der Waals surface area contributed by atoms with E-state index in [2.05, 4.69) is 53.4 Å². The van der Waals surface area contributed by atoms with E-state index < -0.39 is 0 Å². The number of benzene rings is 1. The van der Waals surface area contributed by atoms with Crippen LogP contribution in [0.25, 0.3) is 0 Å². The molecule has 1 fully saturated rings. The van der Waals surface area contributed by atoms with Gasteiger partial charge in [-0.05, 0) is 26.3 Å². The van der Waals surface area contributed by atoms with Crippen molar-refractivity contribution in [2.24, 2.45) is 0 Å². The Hall–Kier alpha value is -2.34. The number of hydrogen-bond acceptors (Lipinski definition) is 3. The first-order chi connectivity index (χ1) is 12.6. The topological polar surface area (TPSA) is 53.4 Å². The van der Waals surface area contributed by atoms with Gasteiger partial charge in [0, 0.05) is 57.1 Å². The minimum absolute atomic E-state index is 0.0207. The number of aryl methyl sites for hydroxylation is 2. The number of hydrogen-bond donors (Lipinski definition) is 1. The first-order valence-corrected chi connectivity index (χ1v) is 9.40. The van der Waals surface area contributed by atoms with Gasteiger partial charge in [-0.15, -0.1) is 0 Å². The van der Waals surface area contributed by atoms with Crippen molar-refractivity contribution in [1.29, 1.82) is 0 Å². The molecule has 2 heterocycles. The molecule has 26 heavy (non-hydrogen) atoms. The molecule has 1 N–H and O–H groups in total. The number of carbonyl (C=O) groups excluding carboxylic acids is 1. The van der Waals surface area contributed by atoms with Gasteiger partial charge in [0.25, 0.3) is 0 Å². The Morgan fingerprint density at radius 2 is 1.81 bits per heavy atom. The molecule has 0 saturated carbocycles. The minimum Gasteiger partial charge on any atom is -0.334 e. The molecule has 1 aliphatic rings. The second kappa shape index (κ2) is 8.36. The summed E-state index contributed by atoms with van der Waals surface area (Å²) in [6.45, 7) is 11.8. The SMILES string of the molecule is CCn1nc(C)c(CNC(=O)N2CCN(Cc3ccccc3)CC2)c1C. The second-order valence-electron chi connectivity index (χ2n) is 6.87. The Morgan fingerprint density at radius 1 is 1.12 bits per heavy atom. The number of amides is 2. The molecular formula is C20H29N5O. The van der Waals surface area contributed by atoms with Gasteiger partial charge in [0.1, 0.15) is 0 Å². The van der Waals surface area contributed by atoms with Gasteiger partial charge in [-0.25, -0.2) is 4.79 Å². The van der Waals surface area contributed by atoms with Crippen molar-refractivity contribution in [2.75, 3.05) is 26.2 Å². The molecule has 0 aliphatic carbocycles. The van der Waals surface area contributed by atoms with Crippen LogP contribution in [0.5, 0.6) is 0 Å². The molecule has 6 nitrogen and oxygen atoms in total. The summed E-state index contributed by atoms with van der Waals surface area (Å²) in [5.41, 5.74) is 4.59. The van der Waals surface area contributed by atoms with E-state index in [0.29, 0.717) is 6.54 Å². The molecule has 2 aromatic rings. The summed E-state index contributed by atoms with van der Waals surface area (Å²) in [5.74, 6) is 0. The average molecular weight is 355 g/mol. The quantitative estimate of drug-likeness (QED) is 0.897. The molecule has 0 unspecified atom stereocenters. The molecule has 0 spiro atoms. The molecular weight excluding hydrogens is 326 g/mol. The smallest absolute Gasteiger partial charge is 0.317 e. The molecule has 3 rings (SSSR count). The van der Waals surface area contributed by atoms with Gasteiger partial charge in [-0.1, -0.05) is 30.3 Å². The van der Waals surface area contributed by atoms with E-state index in [-0.39, 0.29) is 6.03 Å². The summed E-state index contributed by atoms with van der Waals surface area (Å²) < 4.78 is 1.99. The predicted molar refractivity (Wildman–Crippen MR) is 103 cm³/mol. The van der Waals surface area contributed by atoms with Crippen LogP contribution in [0, 0.1) is 13.8 Å². The normalized spacial score (nSPS) is 15.3. The van der Waals surface area contributed by atoms with Crippen LogP contribution < -0.4 is 5.32 Å². The van der Waals surface area contributed by atoms with Gasteiger partial charge in [0.15, 0.2) is 0 Å². The van der Waals surface area contributed by atoms with E-state index in [1.165, 1.54) is 5.56 Å². The molecule has 0 atom stereocenters. The van der Waals surface area contributed by atoms with Gasteiger partial charge in [0.2, 0.25) is 0 Å². The zero-order chi connectivity index (χ0) is 18.5. The molecule has 0 radical (unpaired) electrons. The Balaban J connectivity index is 1.47. The van der Waals surface area contributed by atoms with Crippen molar-refractivity contribution in [1.82, 2.24) is 24.9 Å². The maximum absolute atomic E-state index is 12.5. The fourth-order valence-electron chi connectivity index (χ4n) is 3.52. The van der Waals surface area contributed by atoms with Crippen molar-refractivity contribution in [3.63, 3.8) is 0 Å². The van der Waals surface area contributed by atoms with Crippen LogP contribution in [0.2, 0.25) is 0 Å². The average Bonchev–Trinajstić information content (AvgIpc) is 2.94. The highest BCUT2D eigenvalue weighted by Gasteiger charge is 2.21. The van der Waals surface area contributed by atoms with E-state index in [1.54, 1.807) is 0 Å². The van der Waals surface area contributed by atoms with Crippen LogP contribution >= 0.6 is 0 Å². The molecule has 140 valence electrons. The highest BCUT2D eigenvalue weighted by Crippen LogP contribution is 2.13. The van der Waals surface area contributed by atoms with E-state index >= 15 is 0 Å². The first kappa shape index (κ1) is 18.5. The highest BCUT2D eigenvalue weighted by atomic mass is 16.2. The number of aromatic nitrogens is 2. The summed E-state index contributed by atoms with van der Waals surface area (Å²) in [4.78, 5) is 16.8. The van der Waals surface area contributed by atoms with E-state index in [9.17, 15) is 4.79 Å². The monoisotopic (exact) mass is 355 g/mol. The summed E-state index contributed by atoms with van der Waals surface area (Å²) in [6.07, 6.45) is 0. The van der Waals surface area contributed by atoms with Gasteiger partial charge in [-0.2, -0.15) is 5.10 Å². The second-order valence-corrected chi connectivity index (χ2v) is 6.87. The van der Waals surface area contributed by atoms with Gasteiger partial charge in [-0.3, -0.25) is 9.58 Å².